The first-order valence-corrected chi connectivity index (χ1v) is 6.26. The minimum absolute atomic E-state index is 0.588. The Morgan fingerprint density at radius 2 is 2.06 bits per heavy atom. The van der Waals surface area contributed by atoms with E-state index in [1.807, 2.05) is 0 Å². The van der Waals surface area contributed by atoms with E-state index in [0.717, 1.165) is 26.1 Å². The van der Waals surface area contributed by atoms with E-state index in [4.69, 9.17) is 10.5 Å². The third kappa shape index (κ3) is 1.96. The summed E-state index contributed by atoms with van der Waals surface area (Å²) in [5, 5.41) is 1.29. The fourth-order valence-corrected chi connectivity index (χ4v) is 2.62. The third-order valence-electron chi connectivity index (χ3n) is 3.60. The molecule has 0 atom stereocenters. The second-order valence-electron chi connectivity index (χ2n) is 4.66. The van der Waals surface area contributed by atoms with E-state index < -0.39 is 0 Å². The van der Waals surface area contributed by atoms with Crippen LogP contribution in [0, 0.1) is 0 Å². The molecule has 0 radical (unpaired) electrons. The van der Waals surface area contributed by atoms with Crippen LogP contribution in [0.2, 0.25) is 0 Å². The second kappa shape index (κ2) is 4.51. The fourth-order valence-electron chi connectivity index (χ4n) is 2.62. The van der Waals surface area contributed by atoms with Crippen LogP contribution >= 0.6 is 0 Å². The average molecular weight is 230 g/mol. The van der Waals surface area contributed by atoms with Crippen molar-refractivity contribution in [2.24, 2.45) is 5.73 Å². The second-order valence-corrected chi connectivity index (χ2v) is 4.66. The predicted octanol–water partition coefficient (Wildman–Crippen LogP) is 2.45. The molecule has 1 saturated heterocycles. The van der Waals surface area contributed by atoms with Crippen LogP contribution in [-0.2, 0) is 11.3 Å². The normalized spacial score (nSPS) is 17.7. The standard InChI is InChI=1S/C14H18N2O/c15-10-11-1-2-14-12(9-11)3-6-16(14)13-4-7-17-8-5-13/h1-3,6,9,13H,4-5,7-8,10,15H2. The van der Waals surface area contributed by atoms with Crippen molar-refractivity contribution in [1.29, 1.82) is 0 Å². The highest BCUT2D eigenvalue weighted by Gasteiger charge is 2.16. The molecule has 0 bridgehead atoms. The smallest absolute Gasteiger partial charge is 0.0485 e. The molecule has 0 saturated carbocycles. The summed E-state index contributed by atoms with van der Waals surface area (Å²) in [6.45, 7) is 2.37. The highest BCUT2D eigenvalue weighted by Crippen LogP contribution is 2.27. The first-order valence-electron chi connectivity index (χ1n) is 6.26. The lowest BCUT2D eigenvalue weighted by Gasteiger charge is -2.24. The summed E-state index contributed by atoms with van der Waals surface area (Å²) in [4.78, 5) is 0. The first-order chi connectivity index (χ1) is 8.38. The maximum atomic E-state index is 5.67. The van der Waals surface area contributed by atoms with E-state index in [-0.39, 0.29) is 0 Å². The Kier molecular flexibility index (Phi) is 2.87. The Hall–Kier alpha value is -1.32. The molecule has 1 aliphatic heterocycles. The SMILES string of the molecule is NCc1ccc2c(ccn2C2CCOCC2)c1. The van der Waals surface area contributed by atoms with Gasteiger partial charge in [0.05, 0.1) is 0 Å². The summed E-state index contributed by atoms with van der Waals surface area (Å²) in [6, 6.07) is 9.27. The van der Waals surface area contributed by atoms with Crippen molar-refractivity contribution >= 4 is 10.9 Å². The molecular formula is C14H18N2O. The van der Waals surface area contributed by atoms with Crippen molar-refractivity contribution in [3.63, 3.8) is 0 Å². The van der Waals surface area contributed by atoms with Crippen molar-refractivity contribution in [1.82, 2.24) is 4.57 Å². The molecule has 1 fully saturated rings. The van der Waals surface area contributed by atoms with Crippen LogP contribution in [0.3, 0.4) is 0 Å². The lowest BCUT2D eigenvalue weighted by atomic mass is 10.1. The molecule has 3 heteroatoms. The van der Waals surface area contributed by atoms with Gasteiger partial charge in [-0.3, -0.25) is 0 Å². The van der Waals surface area contributed by atoms with E-state index in [1.165, 1.54) is 16.5 Å². The summed E-state index contributed by atoms with van der Waals surface area (Å²) < 4.78 is 7.80. The van der Waals surface area contributed by atoms with Crippen molar-refractivity contribution in [3.8, 4) is 0 Å². The van der Waals surface area contributed by atoms with Gasteiger partial charge in [-0.25, -0.2) is 0 Å². The van der Waals surface area contributed by atoms with Crippen LogP contribution < -0.4 is 5.73 Å². The van der Waals surface area contributed by atoms with E-state index in [2.05, 4.69) is 35.0 Å². The number of nitrogens with zero attached hydrogens (tertiary/aromatic N) is 1. The van der Waals surface area contributed by atoms with E-state index in [9.17, 15) is 0 Å². The molecule has 90 valence electrons. The number of nitrogens with two attached hydrogens (primary N) is 1. The number of hydrogen-bond acceptors (Lipinski definition) is 2. The summed E-state index contributed by atoms with van der Waals surface area (Å²) in [7, 11) is 0. The minimum Gasteiger partial charge on any atom is -0.381 e. The molecule has 0 amide bonds. The molecule has 1 aromatic heterocycles. The predicted molar refractivity (Wildman–Crippen MR) is 68.9 cm³/mol. The zero-order valence-corrected chi connectivity index (χ0v) is 9.93. The van der Waals surface area contributed by atoms with Crippen LogP contribution in [0.1, 0.15) is 24.4 Å². The van der Waals surface area contributed by atoms with Gasteiger partial charge in [0.2, 0.25) is 0 Å². The van der Waals surface area contributed by atoms with Crippen molar-refractivity contribution in [2.45, 2.75) is 25.4 Å². The molecule has 2 aromatic rings. The third-order valence-corrected chi connectivity index (χ3v) is 3.60. The zero-order chi connectivity index (χ0) is 11.7. The Labute approximate surface area is 101 Å². The summed E-state index contributed by atoms with van der Waals surface area (Å²) >= 11 is 0. The average Bonchev–Trinajstić information content (AvgIpc) is 2.82. The topological polar surface area (TPSA) is 40.2 Å². The molecule has 2 heterocycles. The van der Waals surface area contributed by atoms with Gasteiger partial charge in [-0.1, -0.05) is 6.07 Å². The highest BCUT2D eigenvalue weighted by atomic mass is 16.5. The monoisotopic (exact) mass is 230 g/mol. The van der Waals surface area contributed by atoms with Crippen LogP contribution in [0.25, 0.3) is 10.9 Å². The Morgan fingerprint density at radius 3 is 2.82 bits per heavy atom. The lowest BCUT2D eigenvalue weighted by Crippen LogP contribution is -2.18. The Morgan fingerprint density at radius 1 is 1.24 bits per heavy atom. The molecular weight excluding hydrogens is 212 g/mol. The Bertz CT molecular complexity index is 512. The molecule has 3 rings (SSSR count). The largest absolute Gasteiger partial charge is 0.381 e. The van der Waals surface area contributed by atoms with Crippen LogP contribution in [0.5, 0.6) is 0 Å². The van der Waals surface area contributed by atoms with Crippen LogP contribution in [0.15, 0.2) is 30.5 Å². The van der Waals surface area contributed by atoms with Crippen molar-refractivity contribution < 1.29 is 4.74 Å². The molecule has 0 aliphatic carbocycles. The summed E-state index contributed by atoms with van der Waals surface area (Å²) in [5.41, 5.74) is 8.18. The Balaban J connectivity index is 1.99. The van der Waals surface area contributed by atoms with Crippen LogP contribution in [0.4, 0.5) is 0 Å². The highest BCUT2D eigenvalue weighted by molar-refractivity contribution is 5.81. The van der Waals surface area contributed by atoms with Gasteiger partial charge in [-0.15, -0.1) is 0 Å². The number of benzene rings is 1. The van der Waals surface area contributed by atoms with Gasteiger partial charge in [-0.05, 0) is 42.0 Å². The number of rotatable bonds is 2. The van der Waals surface area contributed by atoms with E-state index in [1.54, 1.807) is 0 Å². The first kappa shape index (κ1) is 10.8. The summed E-state index contributed by atoms with van der Waals surface area (Å²) in [6.07, 6.45) is 4.42. The van der Waals surface area contributed by atoms with Gasteiger partial charge in [0.15, 0.2) is 0 Å². The maximum Gasteiger partial charge on any atom is 0.0485 e. The number of ether oxygens (including phenoxy) is 1. The fraction of sp³-hybridized carbons (Fsp3) is 0.429. The van der Waals surface area contributed by atoms with Gasteiger partial charge >= 0.3 is 0 Å². The zero-order valence-electron chi connectivity index (χ0n) is 9.93. The van der Waals surface area contributed by atoms with Gasteiger partial charge in [0, 0.05) is 37.5 Å². The van der Waals surface area contributed by atoms with Crippen molar-refractivity contribution in [2.75, 3.05) is 13.2 Å². The minimum atomic E-state index is 0.588. The molecule has 3 nitrogen and oxygen atoms in total. The molecule has 17 heavy (non-hydrogen) atoms. The van der Waals surface area contributed by atoms with E-state index >= 15 is 0 Å². The van der Waals surface area contributed by atoms with Crippen LogP contribution in [-0.4, -0.2) is 17.8 Å². The number of hydrogen-bond donors (Lipinski definition) is 1. The van der Waals surface area contributed by atoms with Gasteiger partial charge < -0.3 is 15.0 Å². The summed E-state index contributed by atoms with van der Waals surface area (Å²) in [5.74, 6) is 0. The van der Waals surface area contributed by atoms with Gasteiger partial charge in [0.1, 0.15) is 0 Å². The number of aromatic nitrogens is 1. The number of fused-ring (bicyclic) bond motifs is 1. The van der Waals surface area contributed by atoms with Gasteiger partial charge in [-0.2, -0.15) is 0 Å². The molecule has 2 N–H and O–H groups in total. The molecule has 0 unspecified atom stereocenters. The molecule has 1 aliphatic rings. The quantitative estimate of drug-likeness (QED) is 0.860. The molecule has 1 aromatic carbocycles. The lowest BCUT2D eigenvalue weighted by molar-refractivity contribution is 0.0707. The van der Waals surface area contributed by atoms with Crippen molar-refractivity contribution in [3.05, 3.63) is 36.0 Å². The molecule has 0 spiro atoms. The van der Waals surface area contributed by atoms with E-state index in [0.29, 0.717) is 12.6 Å². The maximum absolute atomic E-state index is 5.67. The van der Waals surface area contributed by atoms with Gasteiger partial charge in [0.25, 0.3) is 0 Å².